The van der Waals surface area contributed by atoms with E-state index in [1.807, 2.05) is 0 Å². The van der Waals surface area contributed by atoms with Gasteiger partial charge in [0, 0.05) is 12.1 Å². The Kier molecular flexibility index (Phi) is 8.04. The van der Waals surface area contributed by atoms with E-state index in [1.165, 1.54) is 26.2 Å². The van der Waals surface area contributed by atoms with Gasteiger partial charge in [-0.25, -0.2) is 30.3 Å². The van der Waals surface area contributed by atoms with Gasteiger partial charge in [-0.05, 0) is 51.1 Å². The summed E-state index contributed by atoms with van der Waals surface area (Å²) in [4.78, 5) is 12.8. The zero-order chi connectivity index (χ0) is 25.1. The van der Waals surface area contributed by atoms with Crippen molar-refractivity contribution in [3.8, 4) is 5.75 Å². The van der Waals surface area contributed by atoms with Crippen molar-refractivity contribution < 1.29 is 35.1 Å². The lowest BCUT2D eigenvalue weighted by atomic mass is 10.2. The maximum absolute atomic E-state index is 13.7. The normalized spacial score (nSPS) is 13.0. The van der Waals surface area contributed by atoms with E-state index in [0.29, 0.717) is 10.4 Å². The molecular weight excluding hydrogens is 480 g/mol. The first-order valence-corrected chi connectivity index (χ1v) is 13.0. The molecule has 0 spiro atoms. The van der Waals surface area contributed by atoms with E-state index < -0.39 is 43.6 Å². The first-order valence-electron chi connectivity index (χ1n) is 9.63. The van der Waals surface area contributed by atoms with E-state index in [2.05, 4.69) is 10.0 Å². The van der Waals surface area contributed by atoms with Gasteiger partial charge in [0.1, 0.15) is 11.8 Å². The van der Waals surface area contributed by atoms with E-state index in [9.17, 15) is 30.4 Å². The summed E-state index contributed by atoms with van der Waals surface area (Å²) < 4.78 is 84.9. The van der Waals surface area contributed by atoms with Crippen molar-refractivity contribution >= 4 is 37.3 Å². The minimum Gasteiger partial charge on any atom is -0.495 e. The van der Waals surface area contributed by atoms with Crippen LogP contribution in [-0.2, 0) is 24.8 Å². The lowest BCUT2D eigenvalue weighted by molar-refractivity contribution is -0.116. The van der Waals surface area contributed by atoms with Gasteiger partial charge in [-0.2, -0.15) is 0 Å². The molecule has 13 heteroatoms. The molecule has 2 aromatic carbocycles. The van der Waals surface area contributed by atoms with Gasteiger partial charge in [0.2, 0.25) is 26.0 Å². The number of carbonyl (C=O) groups is 1. The number of hydrogen-bond acceptors (Lipinski definition) is 6. The van der Waals surface area contributed by atoms with Gasteiger partial charge >= 0.3 is 0 Å². The number of carbonyl (C=O) groups excluding carboxylic acids is 1. The van der Waals surface area contributed by atoms with Crippen LogP contribution in [0, 0.1) is 11.6 Å². The maximum Gasteiger partial charge on any atom is 0.248 e. The minimum absolute atomic E-state index is 0.0280. The zero-order valence-electron chi connectivity index (χ0n) is 18.6. The molecule has 0 aliphatic heterocycles. The van der Waals surface area contributed by atoms with Crippen LogP contribution in [0.15, 0.2) is 41.3 Å². The molecule has 182 valence electrons. The van der Waals surface area contributed by atoms with Gasteiger partial charge in [-0.15, -0.1) is 0 Å². The Balaban J connectivity index is 2.44. The Labute approximate surface area is 191 Å². The first kappa shape index (κ1) is 26.5. The molecule has 2 N–H and O–H groups in total. The van der Waals surface area contributed by atoms with Crippen LogP contribution >= 0.6 is 0 Å². The molecule has 0 heterocycles. The molecule has 33 heavy (non-hydrogen) atoms. The van der Waals surface area contributed by atoms with Crippen LogP contribution in [0.2, 0.25) is 0 Å². The monoisotopic (exact) mass is 505 g/mol. The number of anilines is 2. The smallest absolute Gasteiger partial charge is 0.248 e. The number of amides is 1. The van der Waals surface area contributed by atoms with Crippen LogP contribution in [0.1, 0.15) is 20.8 Å². The van der Waals surface area contributed by atoms with Gasteiger partial charge in [0.05, 0.1) is 29.6 Å². The highest BCUT2D eigenvalue weighted by Crippen LogP contribution is 2.29. The van der Waals surface area contributed by atoms with Crippen molar-refractivity contribution in [1.82, 2.24) is 4.72 Å². The SMILES string of the molecule is COc1ccc(S(=O)(=O)NC(C)C)cc1NC(=O)[C@@H](C)N(c1ccc(F)c(F)c1)S(C)(=O)=O. The molecule has 1 atom stereocenters. The van der Waals surface area contributed by atoms with Crippen LogP contribution in [0.4, 0.5) is 20.2 Å². The van der Waals surface area contributed by atoms with Crippen molar-refractivity contribution in [3.05, 3.63) is 48.0 Å². The third-order valence-electron chi connectivity index (χ3n) is 4.38. The number of nitrogens with zero attached hydrogens (tertiary/aromatic N) is 1. The van der Waals surface area contributed by atoms with Crippen molar-refractivity contribution in [2.24, 2.45) is 0 Å². The third kappa shape index (κ3) is 6.39. The number of sulfonamides is 2. The van der Waals surface area contributed by atoms with Crippen LogP contribution < -0.4 is 19.1 Å². The summed E-state index contributed by atoms with van der Waals surface area (Å²) >= 11 is 0. The van der Waals surface area contributed by atoms with E-state index in [4.69, 9.17) is 4.74 Å². The average Bonchev–Trinajstić information content (AvgIpc) is 2.68. The molecule has 0 aliphatic carbocycles. The first-order chi connectivity index (χ1) is 15.2. The lowest BCUT2D eigenvalue weighted by Crippen LogP contribution is -2.45. The van der Waals surface area contributed by atoms with Crippen LogP contribution in [0.5, 0.6) is 5.75 Å². The fourth-order valence-corrected chi connectivity index (χ4v) is 5.44. The summed E-state index contributed by atoms with van der Waals surface area (Å²) in [5.74, 6) is -3.21. The molecule has 9 nitrogen and oxygen atoms in total. The highest BCUT2D eigenvalue weighted by atomic mass is 32.2. The molecule has 0 saturated carbocycles. The Morgan fingerprint density at radius 3 is 2.15 bits per heavy atom. The highest BCUT2D eigenvalue weighted by molar-refractivity contribution is 7.92. The predicted molar refractivity (Wildman–Crippen MR) is 120 cm³/mol. The molecule has 0 aromatic heterocycles. The van der Waals surface area contributed by atoms with Gasteiger partial charge in [0.15, 0.2) is 11.6 Å². The van der Waals surface area contributed by atoms with Crippen LogP contribution in [0.25, 0.3) is 0 Å². The molecule has 0 unspecified atom stereocenters. The largest absolute Gasteiger partial charge is 0.495 e. The van der Waals surface area contributed by atoms with E-state index >= 15 is 0 Å². The van der Waals surface area contributed by atoms with Gasteiger partial charge < -0.3 is 10.1 Å². The zero-order valence-corrected chi connectivity index (χ0v) is 20.2. The molecule has 0 saturated heterocycles. The van der Waals surface area contributed by atoms with Crippen molar-refractivity contribution in [2.75, 3.05) is 23.0 Å². The molecular formula is C20H25F2N3O6S2. The van der Waals surface area contributed by atoms with Gasteiger partial charge in [-0.1, -0.05) is 0 Å². The Morgan fingerprint density at radius 1 is 1.00 bits per heavy atom. The van der Waals surface area contributed by atoms with Crippen molar-refractivity contribution in [2.45, 2.75) is 37.8 Å². The maximum atomic E-state index is 13.7. The summed E-state index contributed by atoms with van der Waals surface area (Å²) in [6, 6.07) is 4.41. The number of rotatable bonds is 9. The molecule has 1 amide bonds. The van der Waals surface area contributed by atoms with E-state index in [-0.39, 0.29) is 28.1 Å². The van der Waals surface area contributed by atoms with E-state index in [0.717, 1.165) is 24.5 Å². The van der Waals surface area contributed by atoms with E-state index in [1.54, 1.807) is 13.8 Å². The number of hydrogen-bond donors (Lipinski definition) is 2. The summed E-state index contributed by atoms with van der Waals surface area (Å²) in [6.45, 7) is 4.53. The lowest BCUT2D eigenvalue weighted by Gasteiger charge is -2.28. The summed E-state index contributed by atoms with van der Waals surface area (Å²) in [5.41, 5.74) is -0.289. The molecule has 2 rings (SSSR count). The quantitative estimate of drug-likeness (QED) is 0.540. The average molecular weight is 506 g/mol. The summed E-state index contributed by atoms with van der Waals surface area (Å²) in [6.07, 6.45) is 0.809. The third-order valence-corrected chi connectivity index (χ3v) is 7.27. The molecule has 0 aliphatic rings. The minimum atomic E-state index is -4.10. The van der Waals surface area contributed by atoms with Gasteiger partial charge in [0.25, 0.3) is 0 Å². The van der Waals surface area contributed by atoms with Crippen molar-refractivity contribution in [3.63, 3.8) is 0 Å². The second-order valence-corrected chi connectivity index (χ2v) is 11.0. The fourth-order valence-electron chi connectivity index (χ4n) is 3.00. The number of nitrogens with one attached hydrogen (secondary N) is 2. The second kappa shape index (κ2) is 10.0. The Bertz CT molecular complexity index is 1250. The summed E-state index contributed by atoms with van der Waals surface area (Å²) in [7, 11) is -6.69. The molecule has 0 bridgehead atoms. The fraction of sp³-hybridized carbons (Fsp3) is 0.350. The van der Waals surface area contributed by atoms with Crippen LogP contribution in [-0.4, -0.2) is 48.2 Å². The highest BCUT2D eigenvalue weighted by Gasteiger charge is 2.30. The number of ether oxygens (including phenoxy) is 1. The second-order valence-electron chi connectivity index (χ2n) is 7.46. The Morgan fingerprint density at radius 2 is 1.64 bits per heavy atom. The van der Waals surface area contributed by atoms with Crippen LogP contribution in [0.3, 0.4) is 0 Å². The number of halogens is 2. The van der Waals surface area contributed by atoms with Gasteiger partial charge in [-0.3, -0.25) is 9.10 Å². The summed E-state index contributed by atoms with van der Waals surface area (Å²) in [5, 5.41) is 2.45. The predicted octanol–water partition coefficient (Wildman–Crippen LogP) is 2.45. The molecule has 0 fully saturated rings. The van der Waals surface area contributed by atoms with Crippen molar-refractivity contribution in [1.29, 1.82) is 0 Å². The number of methoxy groups -OCH3 is 1. The standard InChI is InChI=1S/C20H25F2N3O6S2/c1-12(2)24-33(29,30)15-7-9-19(31-4)18(11-15)23-20(26)13(3)25(32(5,27)28)14-6-8-16(21)17(22)10-14/h6-13,24H,1-5H3,(H,23,26)/t13-/m1/s1. The topological polar surface area (TPSA) is 122 Å². The molecule has 2 aromatic rings. The number of benzene rings is 2. The Hall–Kier alpha value is -2.77. The molecule has 0 radical (unpaired) electrons.